The zero-order valence-electron chi connectivity index (χ0n) is 25.8. The molecule has 0 fully saturated rings. The Morgan fingerprint density at radius 3 is 2.18 bits per heavy atom. The number of fused-ring (bicyclic) bond motifs is 5. The summed E-state index contributed by atoms with van der Waals surface area (Å²) in [5.41, 5.74) is 1.19. The number of carboxylic acids is 1. The number of halogens is 3. The molecule has 5 aromatic carbocycles. The van der Waals surface area contributed by atoms with Gasteiger partial charge in [-0.15, -0.1) is 0 Å². The molecule has 1 aliphatic rings. The van der Waals surface area contributed by atoms with Gasteiger partial charge in [0.05, 0.1) is 23.0 Å². The Morgan fingerprint density at radius 1 is 0.837 bits per heavy atom. The molecule has 1 aliphatic carbocycles. The van der Waals surface area contributed by atoms with E-state index in [1.54, 1.807) is 30.5 Å². The van der Waals surface area contributed by atoms with Crippen LogP contribution in [0.15, 0.2) is 121 Å². The Kier molecular flexibility index (Phi) is 9.20. The van der Waals surface area contributed by atoms with E-state index in [1.807, 2.05) is 48.5 Å². The van der Waals surface area contributed by atoms with E-state index in [2.05, 4.69) is 9.97 Å². The molecule has 49 heavy (non-hydrogen) atoms. The number of carboxylic acid groups (broad SMARTS) is 1. The van der Waals surface area contributed by atoms with E-state index >= 15 is 0 Å². The summed E-state index contributed by atoms with van der Waals surface area (Å²) in [6.07, 6.45) is 0.663. The molecule has 246 valence electrons. The molecule has 11 heteroatoms. The van der Waals surface area contributed by atoms with Gasteiger partial charge in [0.15, 0.2) is 11.6 Å². The van der Waals surface area contributed by atoms with Gasteiger partial charge in [-0.2, -0.15) is 13.2 Å². The van der Waals surface area contributed by atoms with E-state index in [1.165, 1.54) is 30.9 Å². The molecule has 0 radical (unpaired) electrons. The van der Waals surface area contributed by atoms with Crippen molar-refractivity contribution in [2.24, 2.45) is 5.92 Å². The van der Waals surface area contributed by atoms with Crippen LogP contribution in [0.2, 0.25) is 0 Å². The molecule has 1 aromatic heterocycles. The zero-order valence-corrected chi connectivity index (χ0v) is 26.7. The number of alkyl halides is 3. The molecule has 0 aliphatic heterocycles. The van der Waals surface area contributed by atoms with Crippen LogP contribution in [0.25, 0.3) is 21.5 Å². The maximum atomic E-state index is 14.1. The number of hydrogen-bond acceptors (Lipinski definition) is 6. The summed E-state index contributed by atoms with van der Waals surface area (Å²) in [5, 5.41) is 11.9. The van der Waals surface area contributed by atoms with Crippen molar-refractivity contribution in [2.45, 2.75) is 23.4 Å². The van der Waals surface area contributed by atoms with E-state index in [9.17, 15) is 31.8 Å². The van der Waals surface area contributed by atoms with Crippen molar-refractivity contribution in [3.05, 3.63) is 149 Å². The fourth-order valence-corrected chi connectivity index (χ4v) is 6.71. The summed E-state index contributed by atoms with van der Waals surface area (Å²) >= 11 is 0. The molecule has 0 saturated carbocycles. The Balaban J connectivity index is 0.000000403. The predicted octanol–water partition coefficient (Wildman–Crippen LogP) is 7.68. The predicted molar refractivity (Wildman–Crippen MR) is 179 cm³/mol. The summed E-state index contributed by atoms with van der Waals surface area (Å²) in [7, 11) is -1.21. The van der Waals surface area contributed by atoms with Gasteiger partial charge in [0, 0.05) is 39.9 Å². The summed E-state index contributed by atoms with van der Waals surface area (Å²) in [4.78, 5) is 45.9. The lowest BCUT2D eigenvalue weighted by Gasteiger charge is -2.31. The average Bonchev–Trinajstić information content (AvgIpc) is 3.10. The second-order valence-corrected chi connectivity index (χ2v) is 12.9. The van der Waals surface area contributed by atoms with Crippen LogP contribution >= 0.6 is 0 Å². The zero-order chi connectivity index (χ0) is 34.9. The molecular formula is C38H27F3N2O5S. The fraction of sp³-hybridized carbons (Fsp3) is 0.132. The highest BCUT2D eigenvalue weighted by Gasteiger charge is 2.43. The maximum absolute atomic E-state index is 14.1. The number of carbonyl (C=O) groups is 3. The van der Waals surface area contributed by atoms with Gasteiger partial charge in [-0.05, 0) is 62.9 Å². The number of ketones is 2. The summed E-state index contributed by atoms with van der Waals surface area (Å²) in [6, 6.07) is 27.1. The van der Waals surface area contributed by atoms with Crippen LogP contribution < -0.4 is 0 Å². The first-order chi connectivity index (χ1) is 23.4. The second-order valence-electron chi connectivity index (χ2n) is 11.5. The minimum Gasteiger partial charge on any atom is -0.478 e. The maximum Gasteiger partial charge on any atom is 0.416 e. The van der Waals surface area contributed by atoms with Gasteiger partial charge < -0.3 is 5.11 Å². The number of benzene rings is 5. The number of rotatable bonds is 5. The molecule has 7 rings (SSSR count). The highest BCUT2D eigenvalue weighted by Crippen LogP contribution is 2.43. The van der Waals surface area contributed by atoms with Gasteiger partial charge in [0.1, 0.15) is 6.33 Å². The SMILES string of the molecule is CS(=O)c1ccc(C2C(=O)C(Cc3cccc(C(F)(F)F)c3)C(=O)c3c2ccc2c3ccc3ccccc32)cc1.O=C(O)c1cncnc1. The minimum absolute atomic E-state index is 0.109. The third-order valence-corrected chi connectivity index (χ3v) is 9.44. The minimum atomic E-state index is -4.54. The Bertz CT molecular complexity index is 2260. The van der Waals surface area contributed by atoms with Crippen LogP contribution in [-0.2, 0) is 28.2 Å². The van der Waals surface area contributed by atoms with Crippen molar-refractivity contribution in [3.8, 4) is 0 Å². The standard InChI is InChI=1S/C33H23F3O3S.C5H4N2O2/c1-40(39)23-12-9-21(10-13-23)29-27-16-15-25-24-8-3-2-6-20(24)11-14-26(25)30(27)32(38)28(31(29)37)18-19-5-4-7-22(17-19)33(34,35)36;8-5(9)4-1-6-3-7-2-4/h2-17,28-29H,18H2,1H3;1-3H,(H,8,9). The number of carbonyl (C=O) groups excluding carboxylic acids is 2. The van der Waals surface area contributed by atoms with E-state index in [4.69, 9.17) is 5.11 Å². The van der Waals surface area contributed by atoms with Crippen molar-refractivity contribution in [2.75, 3.05) is 6.26 Å². The molecule has 1 N–H and O–H groups in total. The fourth-order valence-electron chi connectivity index (χ4n) is 6.19. The lowest BCUT2D eigenvalue weighted by atomic mass is 9.69. The van der Waals surface area contributed by atoms with Crippen molar-refractivity contribution in [1.82, 2.24) is 9.97 Å². The van der Waals surface area contributed by atoms with Gasteiger partial charge in [0.25, 0.3) is 0 Å². The largest absolute Gasteiger partial charge is 0.478 e. The Hall–Kier alpha value is -5.55. The molecule has 0 bridgehead atoms. The molecule has 6 aromatic rings. The topological polar surface area (TPSA) is 114 Å². The summed E-state index contributed by atoms with van der Waals surface area (Å²) < 4.78 is 52.2. The molecule has 0 amide bonds. The first-order valence-corrected chi connectivity index (χ1v) is 16.6. The van der Waals surface area contributed by atoms with Crippen molar-refractivity contribution >= 4 is 49.9 Å². The number of nitrogens with zero attached hydrogens (tertiary/aromatic N) is 2. The van der Waals surface area contributed by atoms with E-state index in [-0.39, 0.29) is 29.1 Å². The normalized spacial score (nSPS) is 16.5. The molecule has 3 unspecified atom stereocenters. The van der Waals surface area contributed by atoms with Gasteiger partial charge in [0.2, 0.25) is 0 Å². The van der Waals surface area contributed by atoms with Gasteiger partial charge in [-0.3, -0.25) is 13.8 Å². The Morgan fingerprint density at radius 2 is 1.53 bits per heavy atom. The van der Waals surface area contributed by atoms with Crippen LogP contribution in [0.3, 0.4) is 0 Å². The van der Waals surface area contributed by atoms with Crippen molar-refractivity contribution in [1.29, 1.82) is 0 Å². The molecule has 7 nitrogen and oxygen atoms in total. The monoisotopic (exact) mass is 680 g/mol. The van der Waals surface area contributed by atoms with Crippen LogP contribution in [0.4, 0.5) is 13.2 Å². The lowest BCUT2D eigenvalue weighted by molar-refractivity contribution is -0.137. The quantitative estimate of drug-likeness (QED) is 0.147. The second kappa shape index (κ2) is 13.5. The highest BCUT2D eigenvalue weighted by molar-refractivity contribution is 7.84. The summed E-state index contributed by atoms with van der Waals surface area (Å²) in [5.74, 6) is -3.70. The average molecular weight is 681 g/mol. The molecule has 0 spiro atoms. The molecular weight excluding hydrogens is 653 g/mol. The molecule has 3 atom stereocenters. The van der Waals surface area contributed by atoms with Crippen LogP contribution in [0.1, 0.15) is 48.9 Å². The number of Topliss-reactive ketones (excluding diaryl/α,β-unsaturated/α-hetero) is 2. The smallest absolute Gasteiger partial charge is 0.416 e. The highest BCUT2D eigenvalue weighted by atomic mass is 32.2. The van der Waals surface area contributed by atoms with E-state index < -0.39 is 40.3 Å². The molecule has 0 saturated heterocycles. The van der Waals surface area contributed by atoms with Crippen LogP contribution in [-0.4, -0.2) is 43.1 Å². The van der Waals surface area contributed by atoms with Gasteiger partial charge in [-0.1, -0.05) is 78.9 Å². The molecule has 1 heterocycles. The number of aromatic carboxylic acids is 1. The lowest BCUT2D eigenvalue weighted by Crippen LogP contribution is -2.37. The third-order valence-electron chi connectivity index (χ3n) is 8.51. The Labute approximate surface area is 280 Å². The van der Waals surface area contributed by atoms with Gasteiger partial charge in [-0.25, -0.2) is 14.8 Å². The van der Waals surface area contributed by atoms with Crippen LogP contribution in [0, 0.1) is 5.92 Å². The van der Waals surface area contributed by atoms with Crippen LogP contribution in [0.5, 0.6) is 0 Å². The van der Waals surface area contributed by atoms with Gasteiger partial charge >= 0.3 is 12.1 Å². The summed E-state index contributed by atoms with van der Waals surface area (Å²) in [6.45, 7) is 0. The van der Waals surface area contributed by atoms with E-state index in [0.717, 1.165) is 28.3 Å². The van der Waals surface area contributed by atoms with E-state index in [0.29, 0.717) is 27.0 Å². The number of hydrogen-bond donors (Lipinski definition) is 1. The third kappa shape index (κ3) is 6.75. The first kappa shape index (κ1) is 33.4. The van der Waals surface area contributed by atoms with Crippen molar-refractivity contribution < 1.29 is 36.9 Å². The first-order valence-electron chi connectivity index (χ1n) is 15.0. The number of aromatic nitrogens is 2. The van der Waals surface area contributed by atoms with Crippen molar-refractivity contribution in [3.63, 3.8) is 0 Å².